The molecule has 0 aliphatic rings. The molecule has 0 heterocycles. The fraction of sp³-hybridized carbons (Fsp3) is 0.118. The Hall–Kier alpha value is -5.55. The zero-order valence-electron chi connectivity index (χ0n) is 24.8. The average Bonchev–Trinajstić information content (AvgIpc) is 3.07. The van der Waals surface area contributed by atoms with E-state index < -0.39 is 17.8 Å². The van der Waals surface area contributed by atoms with Crippen molar-refractivity contribution in [1.82, 2.24) is 5.32 Å². The van der Waals surface area contributed by atoms with Crippen LogP contribution in [0.25, 0.3) is 6.08 Å². The van der Waals surface area contributed by atoms with Crippen LogP contribution in [0, 0.1) is 0 Å². The molecule has 0 fully saturated rings. The maximum atomic E-state index is 13.5. The summed E-state index contributed by atoms with van der Waals surface area (Å²) in [5, 5.41) is 8.24. The van der Waals surface area contributed by atoms with Crippen molar-refractivity contribution in [1.29, 1.82) is 0 Å². The number of hydrogen-bond acceptors (Lipinski definition) is 8. The second kappa shape index (κ2) is 15.8. The van der Waals surface area contributed by atoms with Gasteiger partial charge < -0.3 is 30.2 Å². The van der Waals surface area contributed by atoms with Crippen molar-refractivity contribution in [3.8, 4) is 11.5 Å². The van der Waals surface area contributed by atoms with Crippen molar-refractivity contribution in [2.75, 3.05) is 37.7 Å². The molecular weight excluding hydrogens is 594 g/mol. The van der Waals surface area contributed by atoms with Gasteiger partial charge >= 0.3 is 5.97 Å². The first kappa shape index (κ1) is 32.4. The SMILES string of the molecule is COC(=O)c1ccccc1NC(=O)CSc1ccc(NC(=O)/C(=C/c2cccc(OC)c2OC)NC(=O)c2ccccc2)cc1. The molecule has 4 aromatic rings. The average molecular weight is 626 g/mol. The normalized spacial score (nSPS) is 10.8. The number of carbonyl (C=O) groups is 4. The highest BCUT2D eigenvalue weighted by Crippen LogP contribution is 2.32. The van der Waals surface area contributed by atoms with Crippen molar-refractivity contribution in [2.24, 2.45) is 0 Å². The van der Waals surface area contributed by atoms with Gasteiger partial charge in [0.1, 0.15) is 5.70 Å². The van der Waals surface area contributed by atoms with Gasteiger partial charge in [0, 0.05) is 21.7 Å². The van der Waals surface area contributed by atoms with E-state index in [1.807, 2.05) is 0 Å². The summed E-state index contributed by atoms with van der Waals surface area (Å²) in [5.74, 6) is -0.913. The van der Waals surface area contributed by atoms with E-state index in [1.165, 1.54) is 39.2 Å². The summed E-state index contributed by atoms with van der Waals surface area (Å²) in [7, 11) is 4.27. The van der Waals surface area contributed by atoms with Gasteiger partial charge in [0.25, 0.3) is 11.8 Å². The van der Waals surface area contributed by atoms with Crippen LogP contribution in [-0.2, 0) is 14.3 Å². The van der Waals surface area contributed by atoms with Crippen LogP contribution in [0.4, 0.5) is 11.4 Å². The minimum atomic E-state index is -0.562. The van der Waals surface area contributed by atoms with E-state index in [0.29, 0.717) is 34.0 Å². The molecule has 4 rings (SSSR count). The van der Waals surface area contributed by atoms with E-state index in [0.717, 1.165) is 4.90 Å². The Labute approximate surface area is 264 Å². The maximum absolute atomic E-state index is 13.5. The van der Waals surface area contributed by atoms with E-state index in [9.17, 15) is 19.2 Å². The van der Waals surface area contributed by atoms with Crippen molar-refractivity contribution >= 4 is 52.9 Å². The third-order valence-corrected chi connectivity index (χ3v) is 7.36. The van der Waals surface area contributed by atoms with Crippen molar-refractivity contribution < 1.29 is 33.4 Å². The number of ether oxygens (including phenoxy) is 3. The van der Waals surface area contributed by atoms with E-state index in [4.69, 9.17) is 14.2 Å². The maximum Gasteiger partial charge on any atom is 0.339 e. The molecule has 10 nitrogen and oxygen atoms in total. The van der Waals surface area contributed by atoms with Crippen molar-refractivity contribution in [3.05, 3.63) is 119 Å². The molecule has 0 radical (unpaired) electrons. The van der Waals surface area contributed by atoms with Crippen molar-refractivity contribution in [2.45, 2.75) is 4.90 Å². The summed E-state index contributed by atoms with van der Waals surface area (Å²) in [6.45, 7) is 0. The molecule has 0 saturated heterocycles. The van der Waals surface area contributed by atoms with Gasteiger partial charge in [-0.1, -0.05) is 42.5 Å². The lowest BCUT2D eigenvalue weighted by atomic mass is 10.1. The highest BCUT2D eigenvalue weighted by Gasteiger charge is 2.18. The summed E-state index contributed by atoms with van der Waals surface area (Å²) >= 11 is 1.28. The molecule has 0 saturated carbocycles. The molecule has 0 aliphatic heterocycles. The van der Waals surface area contributed by atoms with Gasteiger partial charge in [0.15, 0.2) is 11.5 Å². The monoisotopic (exact) mass is 625 g/mol. The summed E-state index contributed by atoms with van der Waals surface area (Å²) in [4.78, 5) is 51.7. The molecule has 0 spiro atoms. The highest BCUT2D eigenvalue weighted by atomic mass is 32.2. The van der Waals surface area contributed by atoms with Crippen LogP contribution in [0.1, 0.15) is 26.3 Å². The molecule has 0 bridgehead atoms. The first-order chi connectivity index (χ1) is 21.8. The highest BCUT2D eigenvalue weighted by molar-refractivity contribution is 8.00. The Bertz CT molecular complexity index is 1710. The third-order valence-electron chi connectivity index (χ3n) is 6.35. The molecule has 4 aromatic carbocycles. The predicted octanol–water partition coefficient (Wildman–Crippen LogP) is 5.63. The fourth-order valence-electron chi connectivity index (χ4n) is 4.17. The van der Waals surface area contributed by atoms with E-state index in [1.54, 1.807) is 97.1 Å². The standard InChI is InChI=1S/C34H31N3O7S/c1-42-29-15-9-12-23(31(29)43-2)20-28(37-32(39)22-10-5-4-6-11-22)33(40)35-24-16-18-25(19-17-24)45-21-30(38)36-27-14-8-7-13-26(27)34(41)44-3/h4-20H,21H2,1-3H3,(H,35,40)(H,36,38)(H,37,39)/b28-20-. The van der Waals surface area contributed by atoms with Crippen LogP contribution in [0.15, 0.2) is 108 Å². The molecular formula is C34H31N3O7S. The number of benzene rings is 4. The van der Waals surface area contributed by atoms with Gasteiger partial charge in [-0.05, 0) is 60.7 Å². The Kier molecular flexibility index (Phi) is 11.4. The topological polar surface area (TPSA) is 132 Å². The number of para-hydroxylation sites is 2. The number of hydrogen-bond donors (Lipinski definition) is 3. The van der Waals surface area contributed by atoms with Crippen LogP contribution >= 0.6 is 11.8 Å². The van der Waals surface area contributed by atoms with Crippen LogP contribution in [0.2, 0.25) is 0 Å². The minimum Gasteiger partial charge on any atom is -0.493 e. The molecule has 0 aromatic heterocycles. The van der Waals surface area contributed by atoms with Gasteiger partial charge in [-0.2, -0.15) is 0 Å². The van der Waals surface area contributed by atoms with Gasteiger partial charge in [-0.15, -0.1) is 11.8 Å². The number of anilines is 2. The summed E-state index contributed by atoms with van der Waals surface area (Å²) < 4.78 is 15.6. The van der Waals surface area contributed by atoms with Crippen molar-refractivity contribution in [3.63, 3.8) is 0 Å². The van der Waals surface area contributed by atoms with Crippen LogP contribution < -0.4 is 25.4 Å². The number of thioether (sulfide) groups is 1. The molecule has 0 unspecified atom stereocenters. The lowest BCUT2D eigenvalue weighted by molar-refractivity contribution is -0.114. The number of methoxy groups -OCH3 is 3. The molecule has 230 valence electrons. The minimum absolute atomic E-state index is 0.0160. The zero-order chi connectivity index (χ0) is 32.2. The molecule has 0 aliphatic carbocycles. The van der Waals surface area contributed by atoms with E-state index in [2.05, 4.69) is 16.0 Å². The van der Waals surface area contributed by atoms with Gasteiger partial charge in [-0.25, -0.2) is 4.79 Å². The second-order valence-corrected chi connectivity index (χ2v) is 10.4. The van der Waals surface area contributed by atoms with E-state index in [-0.39, 0.29) is 22.9 Å². The lowest BCUT2D eigenvalue weighted by Gasteiger charge is -2.14. The number of amides is 3. The first-order valence-corrected chi connectivity index (χ1v) is 14.6. The fourth-order valence-corrected chi connectivity index (χ4v) is 4.87. The van der Waals surface area contributed by atoms with Crippen LogP contribution in [0.5, 0.6) is 11.5 Å². The smallest absolute Gasteiger partial charge is 0.339 e. The molecule has 3 N–H and O–H groups in total. The Morgan fingerprint density at radius 2 is 1.47 bits per heavy atom. The zero-order valence-corrected chi connectivity index (χ0v) is 25.6. The Morgan fingerprint density at radius 1 is 0.756 bits per heavy atom. The molecule has 3 amide bonds. The summed E-state index contributed by atoms with van der Waals surface area (Å²) in [6.07, 6.45) is 1.51. The molecule has 45 heavy (non-hydrogen) atoms. The van der Waals surface area contributed by atoms with E-state index >= 15 is 0 Å². The molecule has 11 heteroatoms. The van der Waals surface area contributed by atoms with Gasteiger partial charge in [0.05, 0.1) is 38.3 Å². The quantitative estimate of drug-likeness (QED) is 0.105. The predicted molar refractivity (Wildman–Crippen MR) is 174 cm³/mol. The Morgan fingerprint density at radius 3 is 2.16 bits per heavy atom. The number of esters is 1. The summed E-state index contributed by atoms with van der Waals surface area (Å²) in [6, 6.07) is 27.2. The van der Waals surface area contributed by atoms with Crippen LogP contribution in [-0.4, -0.2) is 50.8 Å². The van der Waals surface area contributed by atoms with Gasteiger partial charge in [-0.3, -0.25) is 14.4 Å². The number of nitrogens with one attached hydrogen (secondary N) is 3. The number of carbonyl (C=O) groups excluding carboxylic acids is 4. The summed E-state index contributed by atoms with van der Waals surface area (Å²) in [5.41, 5.74) is 1.98. The molecule has 0 atom stereocenters. The third kappa shape index (κ3) is 8.74. The first-order valence-electron chi connectivity index (χ1n) is 13.6. The largest absolute Gasteiger partial charge is 0.493 e. The van der Waals surface area contributed by atoms with Gasteiger partial charge in [0.2, 0.25) is 5.91 Å². The number of rotatable bonds is 12. The lowest BCUT2D eigenvalue weighted by Crippen LogP contribution is -2.30. The Balaban J connectivity index is 1.46. The van der Waals surface area contributed by atoms with Crippen LogP contribution in [0.3, 0.4) is 0 Å². The second-order valence-electron chi connectivity index (χ2n) is 9.31.